The summed E-state index contributed by atoms with van der Waals surface area (Å²) < 4.78 is 7.17. The third-order valence-corrected chi connectivity index (χ3v) is 4.31. The average Bonchev–Trinajstić information content (AvgIpc) is 2.63. The van der Waals surface area contributed by atoms with Gasteiger partial charge in [0.05, 0.1) is 13.6 Å². The van der Waals surface area contributed by atoms with Gasteiger partial charge in [0.2, 0.25) is 0 Å². The number of hydrogen-bond acceptors (Lipinski definition) is 0. The number of aryl methyl sites for hydroxylation is 4. The Morgan fingerprint density at radius 1 is 1.15 bits per heavy atom. The minimum Gasteiger partial charge on any atom is -0.220 e. The molecular formula is C17H19N3+2. The summed E-state index contributed by atoms with van der Waals surface area (Å²) in [5.41, 5.74) is 5.27. The quantitative estimate of drug-likeness (QED) is 0.552. The van der Waals surface area contributed by atoms with Gasteiger partial charge in [-0.05, 0) is 24.6 Å². The Morgan fingerprint density at radius 3 is 2.90 bits per heavy atom. The molecule has 1 aliphatic heterocycles. The van der Waals surface area contributed by atoms with Crippen LogP contribution in [-0.2, 0) is 20.1 Å². The van der Waals surface area contributed by atoms with Crippen molar-refractivity contribution in [3.8, 4) is 11.5 Å². The van der Waals surface area contributed by atoms with E-state index in [0.29, 0.717) is 0 Å². The van der Waals surface area contributed by atoms with E-state index in [0.717, 1.165) is 13.1 Å². The summed E-state index contributed by atoms with van der Waals surface area (Å²) >= 11 is 0. The highest BCUT2D eigenvalue weighted by atomic mass is 15.2. The summed E-state index contributed by atoms with van der Waals surface area (Å²) in [7, 11) is 2.17. The van der Waals surface area contributed by atoms with E-state index in [1.54, 1.807) is 0 Å². The second-order valence-electron chi connectivity index (χ2n) is 5.66. The van der Waals surface area contributed by atoms with Crippen LogP contribution in [-0.4, -0.2) is 4.57 Å². The van der Waals surface area contributed by atoms with Gasteiger partial charge >= 0.3 is 5.82 Å². The molecule has 1 aromatic carbocycles. The molecule has 100 valence electrons. The molecule has 0 spiro atoms. The van der Waals surface area contributed by atoms with E-state index in [-0.39, 0.29) is 0 Å². The first-order chi connectivity index (χ1) is 9.75. The molecule has 0 atom stereocenters. The normalized spacial score (nSPS) is 13.9. The molecule has 0 bridgehead atoms. The lowest BCUT2D eigenvalue weighted by Gasteiger charge is -1.99. The number of para-hydroxylation sites is 2. The van der Waals surface area contributed by atoms with Crippen molar-refractivity contribution in [2.75, 3.05) is 0 Å². The van der Waals surface area contributed by atoms with Crippen LogP contribution < -0.4 is 9.13 Å². The van der Waals surface area contributed by atoms with Gasteiger partial charge in [0.1, 0.15) is 0 Å². The number of imidazole rings is 1. The van der Waals surface area contributed by atoms with Crippen LogP contribution in [0.3, 0.4) is 0 Å². The fourth-order valence-corrected chi connectivity index (χ4v) is 3.34. The van der Waals surface area contributed by atoms with Gasteiger partial charge in [-0.2, -0.15) is 4.57 Å². The number of aromatic nitrogens is 3. The first-order valence-corrected chi connectivity index (χ1v) is 7.23. The van der Waals surface area contributed by atoms with Crippen molar-refractivity contribution < 1.29 is 9.13 Å². The highest BCUT2D eigenvalue weighted by molar-refractivity contribution is 5.75. The van der Waals surface area contributed by atoms with Crippen molar-refractivity contribution in [2.45, 2.75) is 26.4 Å². The summed E-state index contributed by atoms with van der Waals surface area (Å²) in [6.07, 6.45) is 3.39. The van der Waals surface area contributed by atoms with Crippen LogP contribution in [0.15, 0.2) is 42.6 Å². The zero-order valence-corrected chi connectivity index (χ0v) is 12.0. The summed E-state index contributed by atoms with van der Waals surface area (Å²) in [5.74, 6) is 1.31. The SMILES string of the molecule is Cc1cc[n+]2c(c1)-c1n(c3ccccc3[n+]1C)CCC2. The Balaban J connectivity index is 2.14. The molecule has 0 unspecified atom stereocenters. The van der Waals surface area contributed by atoms with Crippen LogP contribution in [0.4, 0.5) is 0 Å². The van der Waals surface area contributed by atoms with Crippen LogP contribution in [0.5, 0.6) is 0 Å². The highest BCUT2D eigenvalue weighted by Gasteiger charge is 2.33. The summed E-state index contributed by atoms with van der Waals surface area (Å²) in [6, 6.07) is 13.2. The Labute approximate surface area is 118 Å². The monoisotopic (exact) mass is 265 g/mol. The maximum Gasteiger partial charge on any atom is 0.355 e. The lowest BCUT2D eigenvalue weighted by molar-refractivity contribution is -0.698. The van der Waals surface area contributed by atoms with Gasteiger partial charge in [-0.1, -0.05) is 12.1 Å². The van der Waals surface area contributed by atoms with E-state index in [1.807, 2.05) is 0 Å². The number of rotatable bonds is 0. The van der Waals surface area contributed by atoms with Crippen LogP contribution >= 0.6 is 0 Å². The van der Waals surface area contributed by atoms with Crippen LogP contribution in [0.1, 0.15) is 12.0 Å². The molecule has 3 heterocycles. The molecule has 3 heteroatoms. The Bertz CT molecular complexity index is 814. The van der Waals surface area contributed by atoms with Crippen LogP contribution in [0, 0.1) is 6.92 Å². The summed E-state index contributed by atoms with van der Waals surface area (Å²) in [4.78, 5) is 0. The van der Waals surface area contributed by atoms with Crippen molar-refractivity contribution in [1.29, 1.82) is 0 Å². The predicted octanol–water partition coefficient (Wildman–Crippen LogP) is 2.13. The Kier molecular flexibility index (Phi) is 2.43. The van der Waals surface area contributed by atoms with Gasteiger partial charge in [0.15, 0.2) is 23.8 Å². The molecule has 4 rings (SSSR count). The van der Waals surface area contributed by atoms with Gasteiger partial charge in [0, 0.05) is 18.6 Å². The minimum atomic E-state index is 1.08. The van der Waals surface area contributed by atoms with E-state index >= 15 is 0 Å². The van der Waals surface area contributed by atoms with Gasteiger partial charge in [-0.15, -0.1) is 0 Å². The number of nitrogens with zero attached hydrogens (tertiary/aromatic N) is 3. The molecule has 0 radical (unpaired) electrons. The Morgan fingerprint density at radius 2 is 2.00 bits per heavy atom. The second-order valence-corrected chi connectivity index (χ2v) is 5.66. The van der Waals surface area contributed by atoms with Gasteiger partial charge in [-0.3, -0.25) is 0 Å². The molecule has 0 amide bonds. The summed E-state index contributed by atoms with van der Waals surface area (Å²) in [6.45, 7) is 4.34. The van der Waals surface area contributed by atoms with Crippen molar-refractivity contribution in [2.24, 2.45) is 7.05 Å². The van der Waals surface area contributed by atoms with E-state index < -0.39 is 0 Å². The first-order valence-electron chi connectivity index (χ1n) is 7.23. The average molecular weight is 265 g/mol. The molecule has 20 heavy (non-hydrogen) atoms. The lowest BCUT2D eigenvalue weighted by Crippen LogP contribution is -2.39. The van der Waals surface area contributed by atoms with E-state index in [9.17, 15) is 0 Å². The third-order valence-electron chi connectivity index (χ3n) is 4.31. The van der Waals surface area contributed by atoms with E-state index in [4.69, 9.17) is 0 Å². The number of pyridine rings is 1. The second kappa shape index (κ2) is 4.17. The highest BCUT2D eigenvalue weighted by Crippen LogP contribution is 2.23. The topological polar surface area (TPSA) is 12.7 Å². The maximum atomic E-state index is 2.47. The Hall–Kier alpha value is -2.16. The largest absolute Gasteiger partial charge is 0.355 e. The molecule has 0 fully saturated rings. The maximum absolute atomic E-state index is 2.47. The molecule has 1 aliphatic rings. The van der Waals surface area contributed by atoms with E-state index in [2.05, 4.69) is 70.3 Å². The van der Waals surface area contributed by atoms with E-state index in [1.165, 1.54) is 34.5 Å². The van der Waals surface area contributed by atoms with Crippen molar-refractivity contribution in [3.63, 3.8) is 0 Å². The molecule has 0 N–H and O–H groups in total. The van der Waals surface area contributed by atoms with Gasteiger partial charge < -0.3 is 0 Å². The van der Waals surface area contributed by atoms with Gasteiger partial charge in [-0.25, -0.2) is 9.13 Å². The predicted molar refractivity (Wildman–Crippen MR) is 78.1 cm³/mol. The third kappa shape index (κ3) is 1.52. The lowest BCUT2D eigenvalue weighted by atomic mass is 10.2. The summed E-state index contributed by atoms with van der Waals surface area (Å²) in [5, 5.41) is 0. The van der Waals surface area contributed by atoms with Crippen molar-refractivity contribution in [1.82, 2.24) is 4.57 Å². The van der Waals surface area contributed by atoms with Crippen molar-refractivity contribution >= 4 is 11.0 Å². The molecule has 0 saturated heterocycles. The number of fused-ring (bicyclic) bond motifs is 5. The molecule has 2 aromatic heterocycles. The zero-order chi connectivity index (χ0) is 13.7. The fourth-order valence-electron chi connectivity index (χ4n) is 3.34. The molecular weight excluding hydrogens is 246 g/mol. The smallest absolute Gasteiger partial charge is 0.220 e. The molecule has 3 nitrogen and oxygen atoms in total. The molecule has 3 aromatic rings. The number of benzene rings is 1. The van der Waals surface area contributed by atoms with Gasteiger partial charge in [0.25, 0.3) is 5.69 Å². The van der Waals surface area contributed by atoms with Crippen molar-refractivity contribution in [3.05, 3.63) is 48.2 Å². The fraction of sp³-hybridized carbons (Fsp3) is 0.294. The standard InChI is InChI=1S/C17H19N3/c1-13-8-11-19-9-5-10-20-15-7-4-3-6-14(15)18(2)17(20)16(19)12-13/h3-4,6-8,11-12H,5,9-10H2,1-2H3/q+2. The number of hydrogen-bond donors (Lipinski definition) is 0. The van der Waals surface area contributed by atoms with Crippen LogP contribution in [0.25, 0.3) is 22.6 Å². The zero-order valence-electron chi connectivity index (χ0n) is 12.0. The molecule has 0 aliphatic carbocycles. The first kappa shape index (κ1) is 11.6. The molecule has 0 saturated carbocycles. The minimum absolute atomic E-state index is 1.08. The van der Waals surface area contributed by atoms with Crippen LogP contribution in [0.2, 0.25) is 0 Å².